The summed E-state index contributed by atoms with van der Waals surface area (Å²) < 4.78 is 47.0. The Balaban J connectivity index is 0.00000240. The van der Waals surface area contributed by atoms with Crippen molar-refractivity contribution in [2.45, 2.75) is 31.4 Å². The number of methoxy groups -OCH3 is 1. The van der Waals surface area contributed by atoms with E-state index in [1.165, 1.54) is 25.3 Å². The molecule has 0 radical (unpaired) electrons. The number of ether oxygens (including phenoxy) is 2. The summed E-state index contributed by atoms with van der Waals surface area (Å²) in [6.45, 7) is 1.07. The first-order valence-electron chi connectivity index (χ1n) is 9.45. The summed E-state index contributed by atoms with van der Waals surface area (Å²) >= 11 is 0. The van der Waals surface area contributed by atoms with Gasteiger partial charge in [0.25, 0.3) is 0 Å². The molecule has 0 aliphatic carbocycles. The Morgan fingerprint density at radius 3 is 2.45 bits per heavy atom. The van der Waals surface area contributed by atoms with Gasteiger partial charge in [-0.2, -0.15) is 0 Å². The summed E-state index contributed by atoms with van der Waals surface area (Å²) in [5.74, 6) is 0.296. The van der Waals surface area contributed by atoms with Gasteiger partial charge < -0.3 is 25.2 Å². The Labute approximate surface area is 192 Å². The number of hydrogen-bond donors (Lipinski definition) is 3. The number of rotatable bonds is 7. The number of aliphatic hydroxyl groups excluding tert-OH is 1. The summed E-state index contributed by atoms with van der Waals surface area (Å²) in [6.07, 6.45) is -4.01. The number of hydrogen-bond acceptors (Lipinski definition) is 5. The van der Waals surface area contributed by atoms with Gasteiger partial charge in [-0.1, -0.05) is 30.3 Å². The molecule has 3 unspecified atom stereocenters. The molecule has 1 saturated heterocycles. The highest BCUT2D eigenvalue weighted by atomic mass is 35.5. The van der Waals surface area contributed by atoms with E-state index in [9.17, 15) is 18.3 Å². The van der Waals surface area contributed by atoms with Crippen molar-refractivity contribution in [2.24, 2.45) is 5.92 Å². The molecule has 1 fully saturated rings. The van der Waals surface area contributed by atoms with Crippen molar-refractivity contribution >= 4 is 24.8 Å². The van der Waals surface area contributed by atoms with Crippen molar-refractivity contribution in [3.63, 3.8) is 0 Å². The molecule has 1 heterocycles. The third-order valence-electron chi connectivity index (χ3n) is 5.07. The highest BCUT2D eigenvalue weighted by Crippen LogP contribution is 2.30. The lowest BCUT2D eigenvalue weighted by Gasteiger charge is -2.37. The number of halogens is 5. The van der Waals surface area contributed by atoms with E-state index in [2.05, 4.69) is 15.4 Å². The molecule has 3 rings (SSSR count). The minimum Gasteiger partial charge on any atom is -0.496 e. The van der Waals surface area contributed by atoms with Crippen LogP contribution in [0.25, 0.3) is 0 Å². The Bertz CT molecular complexity index is 797. The average Bonchev–Trinajstić information content (AvgIpc) is 2.71. The van der Waals surface area contributed by atoms with Crippen LogP contribution in [0.4, 0.5) is 13.2 Å². The molecule has 2 aromatic carbocycles. The first-order valence-corrected chi connectivity index (χ1v) is 9.45. The first-order chi connectivity index (χ1) is 13.9. The van der Waals surface area contributed by atoms with Gasteiger partial charge in [0.15, 0.2) is 0 Å². The molecule has 5 nitrogen and oxygen atoms in total. The molecule has 0 bridgehead atoms. The largest absolute Gasteiger partial charge is 0.573 e. The zero-order valence-electron chi connectivity index (χ0n) is 16.9. The van der Waals surface area contributed by atoms with Gasteiger partial charge in [0.1, 0.15) is 11.5 Å². The molecular formula is C21H27Cl2F3N2O3. The predicted octanol–water partition coefficient (Wildman–Crippen LogP) is 4.24. The minimum atomic E-state index is -4.75. The van der Waals surface area contributed by atoms with Crippen molar-refractivity contribution in [1.29, 1.82) is 0 Å². The van der Waals surface area contributed by atoms with Crippen LogP contribution in [0.3, 0.4) is 0 Å². The van der Waals surface area contributed by atoms with Crippen LogP contribution in [0.15, 0.2) is 48.5 Å². The maximum absolute atomic E-state index is 12.6. The molecule has 3 N–H and O–H groups in total. The second-order valence-electron chi connectivity index (χ2n) is 7.09. The smallest absolute Gasteiger partial charge is 0.496 e. The lowest BCUT2D eigenvalue weighted by atomic mass is 9.86. The standard InChI is InChI=1S/C21H25F3N2O3.2ClH/c1-28-19-8-7-17(29-21(22,23)24)10-16(19)12-25-18-9-14(13-27)11-26-20(18)15-5-3-2-4-6-15;;/h2-8,10,14,18,20,25-27H,9,11-13H2,1H3;2*1H. The molecule has 174 valence electrons. The van der Waals surface area contributed by atoms with Crippen molar-refractivity contribution in [2.75, 3.05) is 20.3 Å². The van der Waals surface area contributed by atoms with E-state index in [0.29, 0.717) is 24.4 Å². The molecule has 3 atom stereocenters. The van der Waals surface area contributed by atoms with Crippen LogP contribution >= 0.6 is 24.8 Å². The molecule has 0 aromatic heterocycles. The summed E-state index contributed by atoms with van der Waals surface area (Å²) in [4.78, 5) is 0. The summed E-state index contributed by atoms with van der Waals surface area (Å²) in [5, 5.41) is 16.5. The molecule has 31 heavy (non-hydrogen) atoms. The molecule has 1 aliphatic heterocycles. The average molecular weight is 483 g/mol. The van der Waals surface area contributed by atoms with Gasteiger partial charge >= 0.3 is 6.36 Å². The third-order valence-corrected chi connectivity index (χ3v) is 5.07. The van der Waals surface area contributed by atoms with E-state index in [0.717, 1.165) is 12.0 Å². The lowest BCUT2D eigenvalue weighted by Crippen LogP contribution is -2.49. The number of piperidine rings is 1. The van der Waals surface area contributed by atoms with Crippen molar-refractivity contribution < 1.29 is 27.8 Å². The number of alkyl halides is 3. The second-order valence-corrected chi connectivity index (χ2v) is 7.09. The second kappa shape index (κ2) is 12.4. The Morgan fingerprint density at radius 2 is 1.84 bits per heavy atom. The molecule has 0 amide bonds. The normalized spacial score (nSPS) is 20.9. The highest BCUT2D eigenvalue weighted by molar-refractivity contribution is 5.85. The summed E-state index contributed by atoms with van der Waals surface area (Å²) in [7, 11) is 1.47. The van der Waals surface area contributed by atoms with Gasteiger partial charge in [-0.05, 0) is 36.1 Å². The van der Waals surface area contributed by atoms with Crippen LogP contribution in [0.5, 0.6) is 11.5 Å². The van der Waals surface area contributed by atoms with Crippen LogP contribution in [0.1, 0.15) is 23.6 Å². The van der Waals surface area contributed by atoms with Crippen LogP contribution < -0.4 is 20.1 Å². The Kier molecular flexibility index (Phi) is 10.9. The van der Waals surface area contributed by atoms with Crippen LogP contribution in [-0.2, 0) is 6.54 Å². The molecule has 1 aliphatic rings. The zero-order chi connectivity index (χ0) is 20.9. The van der Waals surface area contributed by atoms with Crippen LogP contribution in [-0.4, -0.2) is 37.8 Å². The van der Waals surface area contributed by atoms with Crippen LogP contribution in [0, 0.1) is 5.92 Å². The van der Waals surface area contributed by atoms with Gasteiger partial charge in [0, 0.05) is 37.3 Å². The Morgan fingerprint density at radius 1 is 1.13 bits per heavy atom. The minimum absolute atomic E-state index is 0. The van der Waals surface area contributed by atoms with Crippen molar-refractivity contribution in [3.05, 3.63) is 59.7 Å². The SMILES string of the molecule is COc1ccc(OC(F)(F)F)cc1CNC1CC(CO)CNC1c1ccccc1.Cl.Cl. The fraction of sp³-hybridized carbons (Fsp3) is 0.429. The first kappa shape index (κ1) is 27.3. The fourth-order valence-corrected chi connectivity index (χ4v) is 3.70. The number of nitrogens with one attached hydrogen (secondary N) is 2. The molecule has 0 saturated carbocycles. The summed E-state index contributed by atoms with van der Waals surface area (Å²) in [5.41, 5.74) is 1.68. The Hall–Kier alpha value is -1.71. The van der Waals surface area contributed by atoms with E-state index in [-0.39, 0.29) is 55.2 Å². The molecular weight excluding hydrogens is 456 g/mol. The van der Waals surface area contributed by atoms with Crippen LogP contribution in [0.2, 0.25) is 0 Å². The van der Waals surface area contributed by atoms with E-state index in [4.69, 9.17) is 4.74 Å². The zero-order valence-corrected chi connectivity index (χ0v) is 18.5. The van der Waals surface area contributed by atoms with Crippen molar-refractivity contribution in [1.82, 2.24) is 10.6 Å². The van der Waals surface area contributed by atoms with E-state index >= 15 is 0 Å². The van der Waals surface area contributed by atoms with E-state index in [1.807, 2.05) is 30.3 Å². The molecule has 2 aromatic rings. The maximum Gasteiger partial charge on any atom is 0.573 e. The quantitative estimate of drug-likeness (QED) is 0.550. The molecule has 10 heteroatoms. The van der Waals surface area contributed by atoms with Gasteiger partial charge in [0.05, 0.1) is 7.11 Å². The van der Waals surface area contributed by atoms with E-state index < -0.39 is 6.36 Å². The lowest BCUT2D eigenvalue weighted by molar-refractivity contribution is -0.274. The predicted molar refractivity (Wildman–Crippen MR) is 117 cm³/mol. The number of aliphatic hydroxyl groups is 1. The third kappa shape index (κ3) is 7.73. The topological polar surface area (TPSA) is 62.8 Å². The van der Waals surface area contributed by atoms with Gasteiger partial charge in [-0.3, -0.25) is 0 Å². The fourth-order valence-electron chi connectivity index (χ4n) is 3.70. The maximum atomic E-state index is 12.6. The van der Waals surface area contributed by atoms with Gasteiger partial charge in [0.2, 0.25) is 0 Å². The van der Waals surface area contributed by atoms with Crippen molar-refractivity contribution in [3.8, 4) is 11.5 Å². The van der Waals surface area contributed by atoms with Gasteiger partial charge in [-0.25, -0.2) is 0 Å². The number of benzene rings is 2. The van der Waals surface area contributed by atoms with Gasteiger partial charge in [-0.15, -0.1) is 38.0 Å². The summed E-state index contributed by atoms with van der Waals surface area (Å²) in [6, 6.07) is 14.0. The van der Waals surface area contributed by atoms with E-state index in [1.54, 1.807) is 0 Å². The molecule has 0 spiro atoms. The highest BCUT2D eigenvalue weighted by Gasteiger charge is 2.32. The monoisotopic (exact) mass is 482 g/mol.